The van der Waals surface area contributed by atoms with Gasteiger partial charge in [0.25, 0.3) is 5.91 Å². The van der Waals surface area contributed by atoms with Gasteiger partial charge in [-0.05, 0) is 88.1 Å². The number of nitrogens with zero attached hydrogens (tertiary/aromatic N) is 2. The largest absolute Gasteiger partial charge is 0.507 e. The predicted octanol–water partition coefficient (Wildman–Crippen LogP) is 2.43. The van der Waals surface area contributed by atoms with Gasteiger partial charge in [-0.15, -0.1) is 0 Å². The molecule has 0 unspecified atom stereocenters. The maximum Gasteiger partial charge on any atom is 0.320 e. The molecule has 0 bridgehead atoms. The van der Waals surface area contributed by atoms with Gasteiger partial charge in [0.15, 0.2) is 0 Å². The van der Waals surface area contributed by atoms with Crippen LogP contribution in [0.25, 0.3) is 0 Å². The molecular formula is C25H38N2O5. The van der Waals surface area contributed by atoms with Crippen LogP contribution in [0.3, 0.4) is 0 Å². The topological polar surface area (TPSA) is 90.3 Å². The van der Waals surface area contributed by atoms with Crippen LogP contribution in [0.15, 0.2) is 12.1 Å². The SMILES string of the molecule is CCOC(=O)CN1CCC(C2CCN(C(=O)[C@H](O)Cc3cc(C)c(O)c(C)c3)CC2)CC1. The first-order valence-electron chi connectivity index (χ1n) is 11.9. The van der Waals surface area contributed by atoms with E-state index < -0.39 is 6.10 Å². The Morgan fingerprint density at radius 3 is 2.09 bits per heavy atom. The van der Waals surface area contributed by atoms with Crippen molar-refractivity contribution in [1.82, 2.24) is 9.80 Å². The van der Waals surface area contributed by atoms with Crippen molar-refractivity contribution in [3.05, 3.63) is 28.8 Å². The molecule has 2 N–H and O–H groups in total. The van der Waals surface area contributed by atoms with Gasteiger partial charge in [0, 0.05) is 19.5 Å². The van der Waals surface area contributed by atoms with Crippen molar-refractivity contribution >= 4 is 11.9 Å². The van der Waals surface area contributed by atoms with Crippen LogP contribution in [0.1, 0.15) is 49.3 Å². The van der Waals surface area contributed by atoms with Gasteiger partial charge in [-0.3, -0.25) is 14.5 Å². The van der Waals surface area contributed by atoms with E-state index in [1.54, 1.807) is 4.90 Å². The van der Waals surface area contributed by atoms with E-state index in [9.17, 15) is 19.8 Å². The monoisotopic (exact) mass is 446 g/mol. The summed E-state index contributed by atoms with van der Waals surface area (Å²) in [4.78, 5) is 28.5. The standard InChI is InChI=1S/C25H38N2O5/c1-4-32-23(29)16-26-9-5-20(6-10-26)21-7-11-27(12-8-21)25(31)22(28)15-19-13-17(2)24(30)18(3)14-19/h13-14,20-22,28,30H,4-12,15-16H2,1-3H3/t22-/m1/s1. The molecule has 7 heteroatoms. The lowest BCUT2D eigenvalue weighted by molar-refractivity contribution is -0.144. The lowest BCUT2D eigenvalue weighted by Gasteiger charge is -2.40. The smallest absolute Gasteiger partial charge is 0.320 e. The molecule has 0 aliphatic carbocycles. The highest BCUT2D eigenvalue weighted by atomic mass is 16.5. The molecule has 2 aliphatic heterocycles. The van der Waals surface area contributed by atoms with Crippen molar-refractivity contribution in [1.29, 1.82) is 0 Å². The van der Waals surface area contributed by atoms with Gasteiger partial charge in [-0.2, -0.15) is 0 Å². The number of ether oxygens (including phenoxy) is 1. The number of aliphatic hydroxyl groups is 1. The number of aliphatic hydroxyl groups excluding tert-OH is 1. The molecule has 7 nitrogen and oxygen atoms in total. The summed E-state index contributed by atoms with van der Waals surface area (Å²) in [5.41, 5.74) is 2.38. The van der Waals surface area contributed by atoms with E-state index in [2.05, 4.69) is 4.90 Å². The molecule has 1 aromatic carbocycles. The number of phenolic OH excluding ortho intramolecular Hbond substituents is 1. The van der Waals surface area contributed by atoms with Gasteiger partial charge >= 0.3 is 5.97 Å². The fraction of sp³-hybridized carbons (Fsp3) is 0.680. The molecule has 0 radical (unpaired) electrons. The Balaban J connectivity index is 1.43. The number of phenols is 1. The number of piperidine rings is 2. The number of hydrogen-bond acceptors (Lipinski definition) is 6. The van der Waals surface area contributed by atoms with Gasteiger partial charge in [0.05, 0.1) is 13.2 Å². The third kappa shape index (κ3) is 6.23. The van der Waals surface area contributed by atoms with E-state index in [1.165, 1.54) is 0 Å². The van der Waals surface area contributed by atoms with Gasteiger partial charge in [0.1, 0.15) is 11.9 Å². The summed E-state index contributed by atoms with van der Waals surface area (Å²) < 4.78 is 5.05. The lowest BCUT2D eigenvalue weighted by atomic mass is 9.78. The lowest BCUT2D eigenvalue weighted by Crippen LogP contribution is -2.46. The quantitative estimate of drug-likeness (QED) is 0.625. The predicted molar refractivity (Wildman–Crippen MR) is 122 cm³/mol. The van der Waals surface area contributed by atoms with Gasteiger partial charge < -0.3 is 19.8 Å². The zero-order chi connectivity index (χ0) is 23.3. The van der Waals surface area contributed by atoms with E-state index in [0.29, 0.717) is 38.1 Å². The fourth-order valence-electron chi connectivity index (χ4n) is 5.25. The minimum atomic E-state index is -1.05. The second-order valence-corrected chi connectivity index (χ2v) is 9.38. The first kappa shape index (κ1) is 24.5. The Morgan fingerprint density at radius 1 is 1.03 bits per heavy atom. The normalized spacial score (nSPS) is 19.7. The van der Waals surface area contributed by atoms with Crippen molar-refractivity contribution in [2.75, 3.05) is 39.3 Å². The molecule has 2 fully saturated rings. The van der Waals surface area contributed by atoms with Gasteiger partial charge in [-0.1, -0.05) is 12.1 Å². The number of hydrogen-bond donors (Lipinski definition) is 2. The number of aromatic hydroxyl groups is 1. The van der Waals surface area contributed by atoms with Crippen LogP contribution in [0, 0.1) is 25.7 Å². The van der Waals surface area contributed by atoms with E-state index in [4.69, 9.17) is 4.74 Å². The molecule has 0 saturated carbocycles. The van der Waals surface area contributed by atoms with Crippen LogP contribution in [-0.4, -0.2) is 77.3 Å². The maximum absolute atomic E-state index is 12.8. The molecule has 1 aromatic rings. The highest BCUT2D eigenvalue weighted by Gasteiger charge is 2.32. The average molecular weight is 447 g/mol. The van der Waals surface area contributed by atoms with Crippen LogP contribution >= 0.6 is 0 Å². The van der Waals surface area contributed by atoms with Crippen LogP contribution in [0.5, 0.6) is 5.75 Å². The number of esters is 1. The number of likely N-dealkylation sites (tertiary alicyclic amines) is 2. The Hall–Kier alpha value is -2.12. The molecule has 1 atom stereocenters. The highest BCUT2D eigenvalue weighted by molar-refractivity contribution is 5.81. The van der Waals surface area contributed by atoms with Crippen LogP contribution in [-0.2, 0) is 20.7 Å². The second kappa shape index (κ2) is 11.1. The summed E-state index contributed by atoms with van der Waals surface area (Å²) in [6.45, 7) is 9.52. The third-order valence-electron chi connectivity index (χ3n) is 7.07. The number of aryl methyl sites for hydroxylation is 2. The summed E-state index contributed by atoms with van der Waals surface area (Å²) in [6, 6.07) is 3.67. The van der Waals surface area contributed by atoms with Gasteiger partial charge in [-0.25, -0.2) is 0 Å². The van der Waals surface area contributed by atoms with E-state index in [-0.39, 0.29) is 24.0 Å². The molecule has 1 amide bonds. The Kier molecular flexibility index (Phi) is 8.54. The summed E-state index contributed by atoms with van der Waals surface area (Å²) in [5.74, 6) is 1.16. The summed E-state index contributed by atoms with van der Waals surface area (Å²) in [6.07, 6.45) is 3.32. The van der Waals surface area contributed by atoms with E-state index in [0.717, 1.165) is 55.5 Å². The van der Waals surface area contributed by atoms with Crippen LogP contribution in [0.2, 0.25) is 0 Å². The first-order valence-corrected chi connectivity index (χ1v) is 11.9. The van der Waals surface area contributed by atoms with E-state index >= 15 is 0 Å². The molecule has 2 aliphatic rings. The summed E-state index contributed by atoms with van der Waals surface area (Å²) >= 11 is 0. The molecule has 3 rings (SSSR count). The number of amides is 1. The zero-order valence-corrected chi connectivity index (χ0v) is 19.7. The van der Waals surface area contributed by atoms with Gasteiger partial charge in [0.2, 0.25) is 0 Å². The Morgan fingerprint density at radius 2 is 1.56 bits per heavy atom. The summed E-state index contributed by atoms with van der Waals surface area (Å²) in [5, 5.41) is 20.5. The van der Waals surface area contributed by atoms with Crippen molar-refractivity contribution in [3.63, 3.8) is 0 Å². The molecule has 2 saturated heterocycles. The Bertz CT molecular complexity index is 773. The molecule has 178 valence electrons. The second-order valence-electron chi connectivity index (χ2n) is 9.38. The first-order chi connectivity index (χ1) is 15.3. The molecule has 32 heavy (non-hydrogen) atoms. The molecule has 0 spiro atoms. The fourth-order valence-corrected chi connectivity index (χ4v) is 5.25. The van der Waals surface area contributed by atoms with Crippen molar-refractivity contribution in [2.24, 2.45) is 11.8 Å². The van der Waals surface area contributed by atoms with Crippen molar-refractivity contribution < 1.29 is 24.5 Å². The molecule has 2 heterocycles. The maximum atomic E-state index is 12.8. The number of carbonyl (C=O) groups excluding carboxylic acids is 2. The van der Waals surface area contributed by atoms with E-state index in [1.807, 2.05) is 32.9 Å². The minimum absolute atomic E-state index is 0.144. The summed E-state index contributed by atoms with van der Waals surface area (Å²) in [7, 11) is 0. The number of rotatable bonds is 7. The molecular weight excluding hydrogens is 408 g/mol. The molecule has 0 aromatic heterocycles. The minimum Gasteiger partial charge on any atom is -0.507 e. The zero-order valence-electron chi connectivity index (χ0n) is 19.7. The highest BCUT2D eigenvalue weighted by Crippen LogP contribution is 2.33. The van der Waals surface area contributed by atoms with Crippen molar-refractivity contribution in [3.8, 4) is 5.75 Å². The number of benzene rings is 1. The van der Waals surface area contributed by atoms with Crippen molar-refractivity contribution in [2.45, 2.75) is 59.0 Å². The average Bonchev–Trinajstić information content (AvgIpc) is 2.77. The van der Waals surface area contributed by atoms with Crippen LogP contribution in [0.4, 0.5) is 0 Å². The van der Waals surface area contributed by atoms with Crippen LogP contribution < -0.4 is 0 Å². The third-order valence-corrected chi connectivity index (χ3v) is 7.07. The Labute approximate surface area is 191 Å². The number of carbonyl (C=O) groups is 2.